The first-order valence-corrected chi connectivity index (χ1v) is 10.5. The lowest BCUT2D eigenvalue weighted by Crippen LogP contribution is -2.37. The van der Waals surface area contributed by atoms with Crippen LogP contribution in [0.5, 0.6) is 0 Å². The topological polar surface area (TPSA) is 46.5 Å². The third-order valence-electron chi connectivity index (χ3n) is 6.85. The lowest BCUT2D eigenvalue weighted by molar-refractivity contribution is -0.0438. The average molecular weight is 359 g/mol. The molecule has 2 saturated carbocycles. The van der Waals surface area contributed by atoms with Crippen LogP contribution in [0.2, 0.25) is 0 Å². The van der Waals surface area contributed by atoms with Crippen LogP contribution in [-0.4, -0.2) is 16.9 Å². The Labute approximate surface area is 158 Å². The number of benzene rings is 1. The summed E-state index contributed by atoms with van der Waals surface area (Å²) in [5.41, 5.74) is 2.52. The van der Waals surface area contributed by atoms with Gasteiger partial charge in [-0.3, -0.25) is 0 Å². The number of rotatable bonds is 5. The molecule has 0 radical (unpaired) electrons. The Morgan fingerprint density at radius 3 is 2.15 bits per heavy atom. The minimum atomic E-state index is -1.13. The number of hydrogen-bond donors (Lipinski definition) is 1. The molecule has 2 fully saturated rings. The van der Waals surface area contributed by atoms with Crippen molar-refractivity contribution in [1.29, 1.82) is 0 Å². The van der Waals surface area contributed by atoms with Crippen LogP contribution in [0, 0.1) is 11.8 Å². The van der Waals surface area contributed by atoms with E-state index in [-0.39, 0.29) is 0 Å². The first-order valence-electron chi connectivity index (χ1n) is 10.5. The van der Waals surface area contributed by atoms with Crippen LogP contribution in [0.3, 0.4) is 0 Å². The second kappa shape index (κ2) is 8.45. The Balaban J connectivity index is 1.47. The Kier molecular flexibility index (Phi) is 6.26. The normalized spacial score (nSPS) is 32.2. The van der Waals surface area contributed by atoms with Crippen LogP contribution in [0.4, 0.5) is 4.79 Å². The summed E-state index contributed by atoms with van der Waals surface area (Å²) in [6.07, 6.45) is 10.5. The van der Waals surface area contributed by atoms with Crippen LogP contribution in [0.25, 0.3) is 0 Å². The molecule has 0 unspecified atom stereocenters. The van der Waals surface area contributed by atoms with E-state index in [1.807, 2.05) is 6.92 Å². The second-order valence-electron chi connectivity index (χ2n) is 8.76. The molecule has 0 saturated heterocycles. The Hall–Kier alpha value is -1.51. The zero-order chi connectivity index (χ0) is 18.6. The summed E-state index contributed by atoms with van der Waals surface area (Å²) in [4.78, 5) is 10.9. The van der Waals surface area contributed by atoms with E-state index in [1.54, 1.807) is 0 Å². The monoisotopic (exact) mass is 358 g/mol. The zero-order valence-electron chi connectivity index (χ0n) is 16.4. The standard InChI is InChI=1S/C23H34O3/c1-3-4-17-5-7-18(8-6-17)19-9-11-20(12-10-19)21-13-15-23(2,16-14-21)26-22(24)25/h5-8,19-21H,3-4,9-16H2,1-2H3,(H,24,25). The summed E-state index contributed by atoms with van der Waals surface area (Å²) >= 11 is 0. The van der Waals surface area contributed by atoms with E-state index in [4.69, 9.17) is 9.84 Å². The van der Waals surface area contributed by atoms with E-state index in [9.17, 15) is 4.79 Å². The summed E-state index contributed by atoms with van der Waals surface area (Å²) in [5.74, 6) is 2.31. The minimum absolute atomic E-state index is 0.459. The molecular weight excluding hydrogens is 324 g/mol. The van der Waals surface area contributed by atoms with Crippen molar-refractivity contribution in [3.8, 4) is 0 Å². The van der Waals surface area contributed by atoms with Crippen LogP contribution < -0.4 is 0 Å². The average Bonchev–Trinajstić information content (AvgIpc) is 2.63. The Morgan fingerprint density at radius 1 is 1.04 bits per heavy atom. The highest BCUT2D eigenvalue weighted by atomic mass is 16.7. The quantitative estimate of drug-likeness (QED) is 0.607. The van der Waals surface area contributed by atoms with Gasteiger partial charge in [-0.1, -0.05) is 37.6 Å². The summed E-state index contributed by atoms with van der Waals surface area (Å²) in [7, 11) is 0. The highest BCUT2D eigenvalue weighted by molar-refractivity contribution is 5.57. The third kappa shape index (κ3) is 4.81. The minimum Gasteiger partial charge on any atom is -0.450 e. The lowest BCUT2D eigenvalue weighted by atomic mass is 9.67. The van der Waals surface area contributed by atoms with Gasteiger partial charge < -0.3 is 9.84 Å². The fraction of sp³-hybridized carbons (Fsp3) is 0.696. The van der Waals surface area contributed by atoms with Crippen LogP contribution in [0.15, 0.2) is 24.3 Å². The molecule has 0 heterocycles. The van der Waals surface area contributed by atoms with Crippen molar-refractivity contribution in [2.24, 2.45) is 11.8 Å². The van der Waals surface area contributed by atoms with E-state index in [2.05, 4.69) is 31.2 Å². The maximum absolute atomic E-state index is 10.9. The van der Waals surface area contributed by atoms with Crippen LogP contribution in [0.1, 0.15) is 88.7 Å². The van der Waals surface area contributed by atoms with Crippen LogP contribution in [-0.2, 0) is 11.2 Å². The van der Waals surface area contributed by atoms with Gasteiger partial charge in [0.25, 0.3) is 0 Å². The summed E-state index contributed by atoms with van der Waals surface area (Å²) in [6.45, 7) is 4.19. The highest BCUT2D eigenvalue weighted by Gasteiger charge is 2.38. The van der Waals surface area contributed by atoms with Gasteiger partial charge in [0.05, 0.1) is 0 Å². The van der Waals surface area contributed by atoms with Crippen molar-refractivity contribution in [2.45, 2.75) is 89.6 Å². The molecule has 0 spiro atoms. The molecule has 0 bridgehead atoms. The molecule has 0 aromatic heterocycles. The molecule has 2 aliphatic rings. The molecule has 0 aliphatic heterocycles. The number of ether oxygens (including phenoxy) is 1. The SMILES string of the molecule is CCCc1ccc(C2CCC(C3CCC(C)(OC(=O)O)CC3)CC2)cc1. The number of hydrogen-bond acceptors (Lipinski definition) is 2. The van der Waals surface area contributed by atoms with Crippen molar-refractivity contribution < 1.29 is 14.6 Å². The molecule has 3 nitrogen and oxygen atoms in total. The fourth-order valence-corrected chi connectivity index (χ4v) is 5.20. The molecule has 26 heavy (non-hydrogen) atoms. The maximum atomic E-state index is 10.9. The molecule has 2 aliphatic carbocycles. The molecule has 144 valence electrons. The van der Waals surface area contributed by atoms with E-state index in [0.29, 0.717) is 0 Å². The Bertz CT molecular complexity index is 576. The van der Waals surface area contributed by atoms with Gasteiger partial charge in [-0.2, -0.15) is 0 Å². The molecule has 1 aromatic carbocycles. The van der Waals surface area contributed by atoms with Gasteiger partial charge in [0.1, 0.15) is 5.60 Å². The van der Waals surface area contributed by atoms with Gasteiger partial charge in [0, 0.05) is 0 Å². The van der Waals surface area contributed by atoms with Gasteiger partial charge in [0.2, 0.25) is 0 Å². The van der Waals surface area contributed by atoms with E-state index >= 15 is 0 Å². The maximum Gasteiger partial charge on any atom is 0.506 e. The number of aryl methyl sites for hydroxylation is 1. The van der Waals surface area contributed by atoms with Crippen molar-refractivity contribution in [3.63, 3.8) is 0 Å². The van der Waals surface area contributed by atoms with Crippen LogP contribution >= 0.6 is 0 Å². The first-order chi connectivity index (χ1) is 12.5. The summed E-state index contributed by atoms with van der Waals surface area (Å²) in [5, 5.41) is 8.91. The number of carboxylic acid groups (broad SMARTS) is 1. The van der Waals surface area contributed by atoms with Gasteiger partial charge in [-0.25, -0.2) is 4.79 Å². The lowest BCUT2D eigenvalue weighted by Gasteiger charge is -2.41. The second-order valence-corrected chi connectivity index (χ2v) is 8.76. The summed E-state index contributed by atoms with van der Waals surface area (Å²) in [6, 6.07) is 9.33. The molecule has 0 amide bonds. The highest BCUT2D eigenvalue weighted by Crippen LogP contribution is 2.45. The molecule has 1 N–H and O–H groups in total. The first kappa shape index (κ1) is 19.3. The van der Waals surface area contributed by atoms with Gasteiger partial charge in [-0.15, -0.1) is 0 Å². The predicted octanol–water partition coefficient (Wildman–Crippen LogP) is 6.56. The summed E-state index contributed by atoms with van der Waals surface area (Å²) < 4.78 is 5.13. The van der Waals surface area contributed by atoms with Crippen molar-refractivity contribution in [3.05, 3.63) is 35.4 Å². The van der Waals surface area contributed by atoms with Gasteiger partial charge >= 0.3 is 6.16 Å². The van der Waals surface area contributed by atoms with Gasteiger partial charge in [0.15, 0.2) is 0 Å². The van der Waals surface area contributed by atoms with E-state index in [1.165, 1.54) is 49.7 Å². The smallest absolute Gasteiger partial charge is 0.450 e. The predicted molar refractivity (Wildman–Crippen MR) is 105 cm³/mol. The van der Waals surface area contributed by atoms with E-state index < -0.39 is 11.8 Å². The molecular formula is C23H34O3. The zero-order valence-corrected chi connectivity index (χ0v) is 16.4. The van der Waals surface area contributed by atoms with E-state index in [0.717, 1.165) is 43.4 Å². The molecule has 1 aromatic rings. The molecule has 3 rings (SSSR count). The van der Waals surface area contributed by atoms with Crippen molar-refractivity contribution >= 4 is 6.16 Å². The van der Waals surface area contributed by atoms with Crippen molar-refractivity contribution in [1.82, 2.24) is 0 Å². The third-order valence-corrected chi connectivity index (χ3v) is 6.85. The van der Waals surface area contributed by atoms with Gasteiger partial charge in [-0.05, 0) is 93.6 Å². The molecule has 3 heteroatoms. The largest absolute Gasteiger partial charge is 0.506 e. The number of carbonyl (C=O) groups is 1. The Morgan fingerprint density at radius 2 is 1.62 bits per heavy atom. The van der Waals surface area contributed by atoms with Crippen molar-refractivity contribution in [2.75, 3.05) is 0 Å². The molecule has 0 atom stereocenters. The fourth-order valence-electron chi connectivity index (χ4n) is 5.20.